The third kappa shape index (κ3) is 5.14. The number of carbonyl (C=O) groups excluding carboxylic acids is 1. The number of carbonyl (C=O) groups is 2. The van der Waals surface area contributed by atoms with Gasteiger partial charge < -0.3 is 10.4 Å². The molecule has 0 bridgehead atoms. The van der Waals surface area contributed by atoms with Crippen LogP contribution in [0.15, 0.2) is 54.6 Å². The summed E-state index contributed by atoms with van der Waals surface area (Å²) < 4.78 is 0. The smallest absolute Gasteiger partial charge is 0.327 e. The van der Waals surface area contributed by atoms with E-state index < -0.39 is 12.0 Å². The molecule has 0 heterocycles. The maximum Gasteiger partial charge on any atom is 0.327 e. The van der Waals surface area contributed by atoms with Crippen molar-refractivity contribution < 1.29 is 14.7 Å². The highest BCUT2D eigenvalue weighted by atomic mass is 32.2. The van der Waals surface area contributed by atoms with E-state index in [0.717, 1.165) is 16.7 Å². The first-order valence-electron chi connectivity index (χ1n) is 7.25. The molecular weight excluding hydrogens is 310 g/mol. The number of rotatable bonds is 7. The molecule has 0 saturated heterocycles. The lowest BCUT2D eigenvalue weighted by Crippen LogP contribution is -2.43. The molecule has 23 heavy (non-hydrogen) atoms. The maximum atomic E-state index is 12.0. The molecule has 2 aromatic rings. The summed E-state index contributed by atoms with van der Waals surface area (Å²) in [6.07, 6.45) is 1.98. The molecule has 0 aromatic heterocycles. The van der Waals surface area contributed by atoms with E-state index in [1.807, 2.05) is 60.9 Å². The molecule has 4 nitrogen and oxygen atoms in total. The maximum absolute atomic E-state index is 12.0. The molecule has 120 valence electrons. The van der Waals surface area contributed by atoms with Crippen LogP contribution in [0.2, 0.25) is 0 Å². The Balaban J connectivity index is 1.98. The van der Waals surface area contributed by atoms with Crippen LogP contribution in [0.25, 0.3) is 11.1 Å². The Kier molecular flexibility index (Phi) is 6.23. The number of amides is 1. The molecule has 2 rings (SSSR count). The Morgan fingerprint density at radius 1 is 1.04 bits per heavy atom. The fourth-order valence-electron chi connectivity index (χ4n) is 2.22. The first kappa shape index (κ1) is 17.1. The molecule has 0 fully saturated rings. The van der Waals surface area contributed by atoms with Gasteiger partial charge in [0.05, 0.1) is 6.42 Å². The van der Waals surface area contributed by atoms with Crippen molar-refractivity contribution in [3.05, 3.63) is 60.2 Å². The summed E-state index contributed by atoms with van der Waals surface area (Å²) >= 11 is 1.39. The van der Waals surface area contributed by atoms with Crippen molar-refractivity contribution in [3.63, 3.8) is 0 Å². The third-order valence-corrected chi connectivity index (χ3v) is 4.06. The lowest BCUT2D eigenvalue weighted by molar-refractivity contribution is -0.141. The van der Waals surface area contributed by atoms with Crippen molar-refractivity contribution in [3.8, 4) is 11.1 Å². The molecule has 0 aliphatic heterocycles. The standard InChI is InChI=1S/C18H19NO3S/c1-23-12-16(18(21)22)19-17(20)11-13-7-9-15(10-8-13)14-5-3-2-4-6-14/h2-10,16H,11-12H2,1H3,(H,19,20)(H,21,22)/t16-/m0/s1. The zero-order valence-electron chi connectivity index (χ0n) is 12.9. The monoisotopic (exact) mass is 329 g/mol. The summed E-state index contributed by atoms with van der Waals surface area (Å²) in [5, 5.41) is 11.6. The summed E-state index contributed by atoms with van der Waals surface area (Å²) in [7, 11) is 0. The average Bonchev–Trinajstić information content (AvgIpc) is 2.56. The quantitative estimate of drug-likeness (QED) is 0.820. The molecule has 0 aliphatic carbocycles. The molecule has 5 heteroatoms. The van der Waals surface area contributed by atoms with E-state index in [4.69, 9.17) is 5.11 Å². The lowest BCUT2D eigenvalue weighted by atomic mass is 10.0. The zero-order chi connectivity index (χ0) is 16.7. The van der Waals surface area contributed by atoms with Gasteiger partial charge >= 0.3 is 5.97 Å². The van der Waals surface area contributed by atoms with Gasteiger partial charge in [0.15, 0.2) is 0 Å². The van der Waals surface area contributed by atoms with Gasteiger partial charge in [-0.2, -0.15) is 11.8 Å². The van der Waals surface area contributed by atoms with E-state index >= 15 is 0 Å². The normalized spacial score (nSPS) is 11.7. The predicted octanol–water partition coefficient (Wildman–Crippen LogP) is 2.83. The Bertz CT molecular complexity index is 656. The van der Waals surface area contributed by atoms with E-state index in [9.17, 15) is 9.59 Å². The lowest BCUT2D eigenvalue weighted by Gasteiger charge is -2.13. The number of nitrogens with one attached hydrogen (secondary N) is 1. The highest BCUT2D eigenvalue weighted by Gasteiger charge is 2.19. The minimum atomic E-state index is -1.01. The van der Waals surface area contributed by atoms with Crippen LogP contribution in [-0.2, 0) is 16.0 Å². The molecule has 2 aromatic carbocycles. The van der Waals surface area contributed by atoms with Crippen LogP contribution in [0.3, 0.4) is 0 Å². The minimum Gasteiger partial charge on any atom is -0.480 e. The van der Waals surface area contributed by atoms with Gasteiger partial charge in [-0.3, -0.25) is 4.79 Å². The second-order valence-corrected chi connectivity index (χ2v) is 6.06. The van der Waals surface area contributed by atoms with Gasteiger partial charge in [-0.05, 0) is 22.9 Å². The molecule has 0 spiro atoms. The summed E-state index contributed by atoms with van der Waals surface area (Å²) in [4.78, 5) is 23.0. The van der Waals surface area contributed by atoms with Crippen LogP contribution in [0, 0.1) is 0 Å². The topological polar surface area (TPSA) is 66.4 Å². The van der Waals surface area contributed by atoms with Crippen LogP contribution >= 0.6 is 11.8 Å². The van der Waals surface area contributed by atoms with Gasteiger partial charge in [-0.15, -0.1) is 0 Å². The van der Waals surface area contributed by atoms with Gasteiger partial charge in [-0.25, -0.2) is 4.79 Å². The van der Waals surface area contributed by atoms with Gasteiger partial charge in [0, 0.05) is 5.75 Å². The second-order valence-electron chi connectivity index (χ2n) is 5.15. The number of hydrogen-bond donors (Lipinski definition) is 2. The SMILES string of the molecule is CSC[C@H](NC(=O)Cc1ccc(-c2ccccc2)cc1)C(=O)O. The minimum absolute atomic E-state index is 0.174. The van der Waals surface area contributed by atoms with Crippen molar-refractivity contribution in [2.24, 2.45) is 0 Å². The Morgan fingerprint density at radius 3 is 2.22 bits per heavy atom. The van der Waals surface area contributed by atoms with E-state index in [0.29, 0.717) is 5.75 Å². The van der Waals surface area contributed by atoms with E-state index in [1.54, 1.807) is 0 Å². The number of thioether (sulfide) groups is 1. The number of aliphatic carboxylic acids is 1. The van der Waals surface area contributed by atoms with Gasteiger partial charge in [-0.1, -0.05) is 54.6 Å². The average molecular weight is 329 g/mol. The van der Waals surface area contributed by atoms with Crippen LogP contribution in [0.1, 0.15) is 5.56 Å². The van der Waals surface area contributed by atoms with E-state index in [2.05, 4.69) is 5.32 Å². The largest absolute Gasteiger partial charge is 0.480 e. The van der Waals surface area contributed by atoms with Crippen molar-refractivity contribution in [1.29, 1.82) is 0 Å². The van der Waals surface area contributed by atoms with Crippen molar-refractivity contribution >= 4 is 23.6 Å². The molecule has 0 aliphatic rings. The third-order valence-electron chi connectivity index (χ3n) is 3.39. The summed E-state index contributed by atoms with van der Waals surface area (Å²) in [6, 6.07) is 16.9. The van der Waals surface area contributed by atoms with Crippen LogP contribution in [-0.4, -0.2) is 35.0 Å². The number of hydrogen-bond acceptors (Lipinski definition) is 3. The Morgan fingerprint density at radius 2 is 1.65 bits per heavy atom. The van der Waals surface area contributed by atoms with E-state index in [-0.39, 0.29) is 12.3 Å². The highest BCUT2D eigenvalue weighted by molar-refractivity contribution is 7.98. The summed E-state index contributed by atoms with van der Waals surface area (Å²) in [6.45, 7) is 0. The molecule has 1 amide bonds. The number of carboxylic acid groups (broad SMARTS) is 1. The zero-order valence-corrected chi connectivity index (χ0v) is 13.7. The summed E-state index contributed by atoms with van der Waals surface area (Å²) in [5.41, 5.74) is 3.06. The van der Waals surface area contributed by atoms with Gasteiger partial charge in [0.2, 0.25) is 5.91 Å². The first-order valence-corrected chi connectivity index (χ1v) is 8.65. The Labute approximate surface area is 139 Å². The van der Waals surface area contributed by atoms with Crippen LogP contribution < -0.4 is 5.32 Å². The predicted molar refractivity (Wildman–Crippen MR) is 93.5 cm³/mol. The van der Waals surface area contributed by atoms with Crippen LogP contribution in [0.4, 0.5) is 0 Å². The second kappa shape index (κ2) is 8.39. The fraction of sp³-hybridized carbons (Fsp3) is 0.222. The summed E-state index contributed by atoms with van der Waals surface area (Å²) in [5.74, 6) is -0.931. The van der Waals surface area contributed by atoms with Crippen molar-refractivity contribution in [2.45, 2.75) is 12.5 Å². The molecule has 0 unspecified atom stereocenters. The molecule has 0 saturated carbocycles. The van der Waals surface area contributed by atoms with Gasteiger partial charge in [0.1, 0.15) is 6.04 Å². The van der Waals surface area contributed by atoms with E-state index in [1.165, 1.54) is 11.8 Å². The van der Waals surface area contributed by atoms with Crippen molar-refractivity contribution in [1.82, 2.24) is 5.32 Å². The molecule has 0 radical (unpaired) electrons. The first-order chi connectivity index (χ1) is 11.1. The van der Waals surface area contributed by atoms with Crippen molar-refractivity contribution in [2.75, 3.05) is 12.0 Å². The molecular formula is C18H19NO3S. The highest BCUT2D eigenvalue weighted by Crippen LogP contribution is 2.19. The Hall–Kier alpha value is -2.27. The number of benzene rings is 2. The molecule has 1 atom stereocenters. The fourth-order valence-corrected chi connectivity index (χ4v) is 2.78. The number of carboxylic acids is 1. The van der Waals surface area contributed by atoms with Crippen LogP contribution in [0.5, 0.6) is 0 Å². The van der Waals surface area contributed by atoms with Gasteiger partial charge in [0.25, 0.3) is 0 Å². The molecule has 2 N–H and O–H groups in total.